The molecule has 0 amide bonds. The molecule has 1 aromatic rings. The smallest absolute Gasteiger partial charge is 0.0831 e. The van der Waals surface area contributed by atoms with Crippen LogP contribution in [0.2, 0.25) is 0 Å². The molecule has 1 aliphatic heterocycles. The summed E-state index contributed by atoms with van der Waals surface area (Å²) in [6.07, 6.45) is 4.65. The van der Waals surface area contributed by atoms with Crippen LogP contribution in [0.4, 0.5) is 0 Å². The first-order valence-corrected chi connectivity index (χ1v) is 6.43. The van der Waals surface area contributed by atoms with Crippen LogP contribution in [0.1, 0.15) is 36.4 Å². The molecule has 1 aromatic carbocycles. The Morgan fingerprint density at radius 2 is 1.88 bits per heavy atom. The number of nitrogens with zero attached hydrogens (tertiary/aromatic N) is 2. The summed E-state index contributed by atoms with van der Waals surface area (Å²) in [4.78, 5) is 2.46. The molecular formula is C14H18N2O. The van der Waals surface area contributed by atoms with Crippen LogP contribution in [-0.2, 0) is 6.42 Å². The van der Waals surface area contributed by atoms with Crippen molar-refractivity contribution in [3.8, 4) is 0 Å². The molecule has 0 radical (unpaired) electrons. The number of rotatable bonds is 1. The normalized spacial score (nSPS) is 27.3. The monoisotopic (exact) mass is 230 g/mol. The molecule has 17 heavy (non-hydrogen) atoms. The van der Waals surface area contributed by atoms with Gasteiger partial charge in [0.05, 0.1) is 11.8 Å². The highest BCUT2D eigenvalue weighted by Crippen LogP contribution is 2.35. The molecular weight excluding hydrogens is 212 g/mol. The third-order valence-electron chi connectivity index (χ3n) is 3.92. The van der Waals surface area contributed by atoms with Crippen molar-refractivity contribution >= 4 is 5.71 Å². The first-order chi connectivity index (χ1) is 8.40. The maximum absolute atomic E-state index is 9.20. The number of piperidine rings is 1. The number of likely N-dealkylation sites (tertiary alicyclic amines) is 1. The number of hydrogen-bond acceptors (Lipinski definition) is 3. The molecule has 1 heterocycles. The van der Waals surface area contributed by atoms with Crippen molar-refractivity contribution in [3.63, 3.8) is 0 Å². The molecule has 0 bridgehead atoms. The maximum atomic E-state index is 9.20. The lowest BCUT2D eigenvalue weighted by atomic mass is 10.0. The number of oxime groups is 1. The summed E-state index contributed by atoms with van der Waals surface area (Å²) in [5, 5.41) is 12.7. The van der Waals surface area contributed by atoms with Gasteiger partial charge in [0.1, 0.15) is 0 Å². The second kappa shape index (κ2) is 4.49. The van der Waals surface area contributed by atoms with E-state index in [1.807, 2.05) is 0 Å². The van der Waals surface area contributed by atoms with Crippen molar-refractivity contribution in [3.05, 3.63) is 35.4 Å². The van der Waals surface area contributed by atoms with E-state index < -0.39 is 0 Å². The summed E-state index contributed by atoms with van der Waals surface area (Å²) in [6, 6.07) is 8.68. The highest BCUT2D eigenvalue weighted by molar-refractivity contribution is 5.96. The van der Waals surface area contributed by atoms with Gasteiger partial charge < -0.3 is 5.21 Å². The Hall–Kier alpha value is -1.35. The summed E-state index contributed by atoms with van der Waals surface area (Å²) in [7, 11) is 0. The van der Waals surface area contributed by atoms with Crippen LogP contribution < -0.4 is 0 Å². The zero-order valence-corrected chi connectivity index (χ0v) is 9.97. The van der Waals surface area contributed by atoms with Crippen molar-refractivity contribution < 1.29 is 5.21 Å². The SMILES string of the molecule is O/N=C1/Cc2ccccc2C1N1CCCCC1. The van der Waals surface area contributed by atoms with Gasteiger partial charge in [0.15, 0.2) is 0 Å². The van der Waals surface area contributed by atoms with E-state index in [1.54, 1.807) is 0 Å². The molecule has 3 heteroatoms. The predicted molar refractivity (Wildman–Crippen MR) is 67.5 cm³/mol. The Bertz CT molecular complexity index is 436. The van der Waals surface area contributed by atoms with E-state index in [2.05, 4.69) is 34.3 Å². The highest BCUT2D eigenvalue weighted by Gasteiger charge is 2.34. The zero-order valence-electron chi connectivity index (χ0n) is 9.97. The molecule has 90 valence electrons. The second-order valence-corrected chi connectivity index (χ2v) is 4.97. The van der Waals surface area contributed by atoms with Crippen LogP contribution in [-0.4, -0.2) is 28.9 Å². The molecule has 3 nitrogen and oxygen atoms in total. The Morgan fingerprint density at radius 3 is 2.65 bits per heavy atom. The minimum Gasteiger partial charge on any atom is -0.411 e. The van der Waals surface area contributed by atoms with Gasteiger partial charge in [0, 0.05) is 6.42 Å². The van der Waals surface area contributed by atoms with Gasteiger partial charge >= 0.3 is 0 Å². The first-order valence-electron chi connectivity index (χ1n) is 6.43. The Kier molecular flexibility index (Phi) is 2.85. The highest BCUT2D eigenvalue weighted by atomic mass is 16.4. The molecule has 1 N–H and O–H groups in total. The van der Waals surface area contributed by atoms with Gasteiger partial charge in [-0.3, -0.25) is 4.90 Å². The lowest BCUT2D eigenvalue weighted by Crippen LogP contribution is -2.36. The molecule has 1 aliphatic carbocycles. The van der Waals surface area contributed by atoms with Gasteiger partial charge in [-0.05, 0) is 37.1 Å². The van der Waals surface area contributed by atoms with Gasteiger partial charge in [0.25, 0.3) is 0 Å². The summed E-state index contributed by atoms with van der Waals surface area (Å²) >= 11 is 0. The van der Waals surface area contributed by atoms with Crippen LogP contribution in [0.3, 0.4) is 0 Å². The van der Waals surface area contributed by atoms with Gasteiger partial charge in [-0.2, -0.15) is 0 Å². The Balaban J connectivity index is 1.95. The van der Waals surface area contributed by atoms with Crippen molar-refractivity contribution in [2.24, 2.45) is 5.16 Å². The van der Waals surface area contributed by atoms with Crippen LogP contribution in [0.25, 0.3) is 0 Å². The van der Waals surface area contributed by atoms with E-state index in [0.717, 1.165) is 25.2 Å². The van der Waals surface area contributed by atoms with Crippen LogP contribution in [0.15, 0.2) is 29.4 Å². The van der Waals surface area contributed by atoms with Crippen molar-refractivity contribution in [1.29, 1.82) is 0 Å². The minimum absolute atomic E-state index is 0.219. The molecule has 1 unspecified atom stereocenters. The fourth-order valence-electron chi connectivity index (χ4n) is 3.11. The molecule has 0 spiro atoms. The van der Waals surface area contributed by atoms with E-state index >= 15 is 0 Å². The average Bonchev–Trinajstić information content (AvgIpc) is 2.78. The second-order valence-electron chi connectivity index (χ2n) is 4.97. The summed E-state index contributed by atoms with van der Waals surface area (Å²) < 4.78 is 0. The number of fused-ring (bicyclic) bond motifs is 1. The number of hydrogen-bond donors (Lipinski definition) is 1. The van der Waals surface area contributed by atoms with Gasteiger partial charge in [-0.15, -0.1) is 0 Å². The summed E-state index contributed by atoms with van der Waals surface area (Å²) in [6.45, 7) is 2.25. The minimum atomic E-state index is 0.219. The molecule has 1 atom stereocenters. The van der Waals surface area contributed by atoms with Crippen molar-refractivity contribution in [2.75, 3.05) is 13.1 Å². The van der Waals surface area contributed by atoms with E-state index in [-0.39, 0.29) is 6.04 Å². The van der Waals surface area contributed by atoms with Gasteiger partial charge in [-0.1, -0.05) is 35.8 Å². The number of benzene rings is 1. The zero-order chi connectivity index (χ0) is 11.7. The third-order valence-corrected chi connectivity index (χ3v) is 3.92. The summed E-state index contributed by atoms with van der Waals surface area (Å²) in [5.41, 5.74) is 3.56. The maximum Gasteiger partial charge on any atom is 0.0831 e. The van der Waals surface area contributed by atoms with Gasteiger partial charge in [-0.25, -0.2) is 0 Å². The lowest BCUT2D eigenvalue weighted by Gasteiger charge is -2.32. The van der Waals surface area contributed by atoms with E-state index in [4.69, 9.17) is 0 Å². The molecule has 2 aliphatic rings. The Morgan fingerprint density at radius 1 is 1.12 bits per heavy atom. The molecule has 0 saturated carbocycles. The largest absolute Gasteiger partial charge is 0.411 e. The molecule has 1 saturated heterocycles. The van der Waals surface area contributed by atoms with Crippen molar-refractivity contribution in [1.82, 2.24) is 4.90 Å². The Labute approximate surface area is 102 Å². The first kappa shape index (κ1) is 10.8. The quantitative estimate of drug-likeness (QED) is 0.594. The van der Waals surface area contributed by atoms with Crippen LogP contribution >= 0.6 is 0 Å². The van der Waals surface area contributed by atoms with Gasteiger partial charge in [0.2, 0.25) is 0 Å². The topological polar surface area (TPSA) is 35.8 Å². The lowest BCUT2D eigenvalue weighted by molar-refractivity contribution is 0.199. The standard InChI is InChI=1S/C14H18N2O/c17-15-13-10-11-6-2-3-7-12(11)14(13)16-8-4-1-5-9-16/h2-3,6-7,14,17H,1,4-5,8-10H2/b15-13-. The third kappa shape index (κ3) is 1.84. The van der Waals surface area contributed by atoms with E-state index in [0.29, 0.717) is 0 Å². The fourth-order valence-corrected chi connectivity index (χ4v) is 3.11. The molecule has 3 rings (SSSR count). The molecule has 1 fully saturated rings. The predicted octanol–water partition coefficient (Wildman–Crippen LogP) is 2.60. The average molecular weight is 230 g/mol. The van der Waals surface area contributed by atoms with Crippen LogP contribution in [0, 0.1) is 0 Å². The van der Waals surface area contributed by atoms with Crippen molar-refractivity contribution in [2.45, 2.75) is 31.7 Å². The van der Waals surface area contributed by atoms with Crippen LogP contribution in [0.5, 0.6) is 0 Å². The fraction of sp³-hybridized carbons (Fsp3) is 0.500. The van der Waals surface area contributed by atoms with E-state index in [1.165, 1.54) is 30.4 Å². The summed E-state index contributed by atoms with van der Waals surface area (Å²) in [5.74, 6) is 0. The van der Waals surface area contributed by atoms with E-state index in [9.17, 15) is 5.21 Å². The molecule has 0 aromatic heterocycles.